The summed E-state index contributed by atoms with van der Waals surface area (Å²) in [6.07, 6.45) is 3.27. The van der Waals surface area contributed by atoms with Crippen LogP contribution in [-0.4, -0.2) is 124 Å². The van der Waals surface area contributed by atoms with E-state index in [1.54, 1.807) is 88.0 Å². The first-order valence-electron chi connectivity index (χ1n) is 22.6. The topological polar surface area (TPSA) is 202 Å². The van der Waals surface area contributed by atoms with Crippen molar-refractivity contribution in [3.63, 3.8) is 0 Å². The van der Waals surface area contributed by atoms with Gasteiger partial charge < -0.3 is 29.1 Å². The highest BCUT2D eigenvalue weighted by atomic mass is 16.6. The van der Waals surface area contributed by atoms with Gasteiger partial charge in [0.2, 0.25) is 5.96 Å². The second-order valence-electron chi connectivity index (χ2n) is 20.7. The van der Waals surface area contributed by atoms with Gasteiger partial charge in [-0.2, -0.15) is 5.10 Å². The van der Waals surface area contributed by atoms with Crippen LogP contribution < -0.4 is 10.7 Å². The van der Waals surface area contributed by atoms with Crippen molar-refractivity contribution < 1.29 is 47.7 Å². The molecular formula is C47H78N8O10. The molecule has 0 radical (unpaired) electrons. The predicted molar refractivity (Wildman–Crippen MR) is 252 cm³/mol. The third kappa shape index (κ3) is 23.9. The molecule has 0 spiro atoms. The Morgan fingerprint density at radius 1 is 0.662 bits per heavy atom. The SMILES string of the molecule is CC(C)(C)OC(=O)/N=C(/N(CCCCCCCCN/N=C/NC(=O)OC(C)(C)C)C(=O)OC(C)(C)C)N(CCc1ccc(C2=NCCCN2C(=O)OC(C)(C)C)cc1)C(=O)OC(C)(C)C. The molecule has 0 aromatic heterocycles. The van der Waals surface area contributed by atoms with Gasteiger partial charge in [-0.1, -0.05) is 49.9 Å². The van der Waals surface area contributed by atoms with E-state index in [0.29, 0.717) is 38.3 Å². The molecule has 1 aromatic carbocycles. The van der Waals surface area contributed by atoms with Crippen LogP contribution in [0.1, 0.15) is 160 Å². The van der Waals surface area contributed by atoms with Gasteiger partial charge in [-0.15, -0.1) is 4.99 Å². The summed E-state index contributed by atoms with van der Waals surface area (Å²) in [7, 11) is 0. The van der Waals surface area contributed by atoms with Gasteiger partial charge in [0, 0.05) is 38.3 Å². The normalized spacial score (nSPS) is 14.0. The maximum atomic E-state index is 14.2. The molecule has 366 valence electrons. The van der Waals surface area contributed by atoms with Crippen LogP contribution in [0.2, 0.25) is 0 Å². The molecule has 0 unspecified atom stereocenters. The largest absolute Gasteiger partial charge is 0.444 e. The number of amidine groups is 1. The summed E-state index contributed by atoms with van der Waals surface area (Å²) in [5.74, 6) is 0.234. The highest BCUT2D eigenvalue weighted by Gasteiger charge is 2.36. The zero-order valence-corrected chi connectivity index (χ0v) is 41.8. The van der Waals surface area contributed by atoms with Crippen LogP contribution in [0.15, 0.2) is 39.4 Å². The number of carbonyl (C=O) groups is 5. The van der Waals surface area contributed by atoms with Crippen LogP contribution in [-0.2, 0) is 30.1 Å². The molecule has 2 N–H and O–H groups in total. The van der Waals surface area contributed by atoms with Gasteiger partial charge >= 0.3 is 30.5 Å². The quantitative estimate of drug-likeness (QED) is 0.0557. The third-order valence-electron chi connectivity index (χ3n) is 8.46. The summed E-state index contributed by atoms with van der Waals surface area (Å²) in [5.41, 5.74) is 0.370. The van der Waals surface area contributed by atoms with Crippen molar-refractivity contribution in [3.05, 3.63) is 35.4 Å². The molecule has 1 aliphatic heterocycles. The fourth-order valence-electron chi connectivity index (χ4n) is 5.90. The van der Waals surface area contributed by atoms with Gasteiger partial charge in [-0.25, -0.2) is 33.8 Å². The number of hydrogen-bond donors (Lipinski definition) is 2. The predicted octanol–water partition coefficient (Wildman–Crippen LogP) is 9.78. The number of carbonyl (C=O) groups excluding carboxylic acids is 5. The molecule has 0 bridgehead atoms. The average Bonchev–Trinajstić information content (AvgIpc) is 3.13. The number of guanidine groups is 1. The van der Waals surface area contributed by atoms with Crippen LogP contribution >= 0.6 is 0 Å². The number of alkyl carbamates (subject to hydrolysis) is 1. The maximum Gasteiger partial charge on any atom is 0.437 e. The number of hydrogen-bond acceptors (Lipinski definition) is 13. The molecule has 0 saturated carbocycles. The van der Waals surface area contributed by atoms with Gasteiger partial charge in [0.05, 0.1) is 0 Å². The van der Waals surface area contributed by atoms with Crippen molar-refractivity contribution in [1.82, 2.24) is 25.4 Å². The van der Waals surface area contributed by atoms with Crippen molar-refractivity contribution in [2.75, 3.05) is 32.7 Å². The molecule has 18 heteroatoms. The Labute approximate surface area is 387 Å². The second kappa shape index (κ2) is 24.8. The Kier molecular flexibility index (Phi) is 21.2. The number of unbranched alkanes of at least 4 members (excludes halogenated alkanes) is 5. The van der Waals surface area contributed by atoms with E-state index in [4.69, 9.17) is 23.7 Å². The van der Waals surface area contributed by atoms with Crippen LogP contribution in [0.3, 0.4) is 0 Å². The van der Waals surface area contributed by atoms with Crippen molar-refractivity contribution in [1.29, 1.82) is 0 Å². The molecule has 1 heterocycles. The lowest BCUT2D eigenvalue weighted by molar-refractivity contribution is 0.0271. The van der Waals surface area contributed by atoms with Crippen LogP contribution in [0.5, 0.6) is 0 Å². The van der Waals surface area contributed by atoms with E-state index in [1.165, 1.54) is 16.1 Å². The first-order valence-corrected chi connectivity index (χ1v) is 22.6. The molecule has 18 nitrogen and oxygen atoms in total. The highest BCUT2D eigenvalue weighted by Crippen LogP contribution is 2.21. The maximum absolute atomic E-state index is 14.2. The van der Waals surface area contributed by atoms with Gasteiger partial charge in [0.15, 0.2) is 0 Å². The summed E-state index contributed by atoms with van der Waals surface area (Å²) in [6, 6.07) is 7.45. The van der Waals surface area contributed by atoms with E-state index in [2.05, 4.69) is 25.8 Å². The van der Waals surface area contributed by atoms with Gasteiger partial charge in [0.25, 0.3) is 0 Å². The third-order valence-corrected chi connectivity index (χ3v) is 8.46. The van der Waals surface area contributed by atoms with Crippen LogP contribution in [0.25, 0.3) is 0 Å². The highest BCUT2D eigenvalue weighted by molar-refractivity contribution is 6.07. The Morgan fingerprint density at radius 2 is 1.17 bits per heavy atom. The van der Waals surface area contributed by atoms with E-state index in [1.807, 2.05) is 45.0 Å². The lowest BCUT2D eigenvalue weighted by atomic mass is 10.1. The Hall–Kier alpha value is -5.42. The summed E-state index contributed by atoms with van der Waals surface area (Å²) >= 11 is 0. The smallest absolute Gasteiger partial charge is 0.437 e. The van der Waals surface area contributed by atoms with Crippen molar-refractivity contribution >= 4 is 48.6 Å². The minimum Gasteiger partial charge on any atom is -0.444 e. The standard InChI is InChI=1S/C47H78N8O10/c1-43(2,3)61-38(56)49-33-51-50-29-20-18-16-17-19-21-30-54(41(59)64-46(10,11)12)37(52-39(57)62-44(4,5)6)55(42(60)65-47(13,14)15)32-27-34-23-25-35(26-24-34)36-48-28-22-31-53(36)40(58)63-45(7,8)9/h23-26,33,50H,16-22,27-32H2,1-15H3,(H,49,51,56)/b52-37-. The number of amides is 5. The fourth-order valence-corrected chi connectivity index (χ4v) is 5.90. The van der Waals surface area contributed by atoms with Gasteiger partial charge in [-0.05, 0) is 135 Å². The molecular weight excluding hydrogens is 837 g/mol. The number of aliphatic imine (C=N–C) groups is 2. The van der Waals surface area contributed by atoms with E-state index in [9.17, 15) is 24.0 Å². The van der Waals surface area contributed by atoms with Crippen molar-refractivity contribution in [3.8, 4) is 0 Å². The number of hydrazone groups is 1. The Bertz CT molecular complexity index is 1810. The van der Waals surface area contributed by atoms with Crippen LogP contribution in [0, 0.1) is 0 Å². The van der Waals surface area contributed by atoms with Crippen molar-refractivity contribution in [2.24, 2.45) is 15.1 Å². The molecule has 65 heavy (non-hydrogen) atoms. The average molecular weight is 915 g/mol. The van der Waals surface area contributed by atoms with E-state index >= 15 is 0 Å². The zero-order valence-electron chi connectivity index (χ0n) is 41.8. The molecule has 1 aromatic rings. The first-order chi connectivity index (χ1) is 29.9. The van der Waals surface area contributed by atoms with Gasteiger partial charge in [0.1, 0.15) is 40.2 Å². The minimum absolute atomic E-state index is 0.0463. The molecule has 0 saturated heterocycles. The molecule has 0 atom stereocenters. The monoisotopic (exact) mass is 915 g/mol. The minimum atomic E-state index is -1.000. The van der Waals surface area contributed by atoms with E-state index in [-0.39, 0.29) is 25.5 Å². The molecule has 2 rings (SSSR count). The van der Waals surface area contributed by atoms with Crippen LogP contribution in [0.4, 0.5) is 24.0 Å². The molecule has 0 aliphatic carbocycles. The zero-order chi connectivity index (χ0) is 49.2. The number of benzene rings is 1. The lowest BCUT2D eigenvalue weighted by Crippen LogP contribution is -2.53. The van der Waals surface area contributed by atoms with E-state index in [0.717, 1.165) is 43.2 Å². The lowest BCUT2D eigenvalue weighted by Gasteiger charge is -2.34. The fraction of sp³-hybridized carbons (Fsp3) is 0.702. The molecule has 0 fully saturated rings. The van der Waals surface area contributed by atoms with Gasteiger partial charge in [-0.3, -0.25) is 15.2 Å². The second-order valence-corrected chi connectivity index (χ2v) is 20.7. The number of nitrogens with one attached hydrogen (secondary N) is 2. The van der Waals surface area contributed by atoms with E-state index < -0.39 is 58.5 Å². The van der Waals surface area contributed by atoms with Crippen molar-refractivity contribution in [2.45, 2.75) is 183 Å². The molecule has 5 amide bonds. The number of rotatable bonds is 15. The summed E-state index contributed by atoms with van der Waals surface area (Å²) in [6.45, 7) is 27.9. The first kappa shape index (κ1) is 55.7. The Balaban J connectivity index is 2.35. The number of ether oxygens (including phenoxy) is 5. The molecule has 1 aliphatic rings. The summed E-state index contributed by atoms with van der Waals surface area (Å²) < 4.78 is 28.1. The Morgan fingerprint density at radius 3 is 1.71 bits per heavy atom. The summed E-state index contributed by atoms with van der Waals surface area (Å²) in [4.78, 5) is 79.5. The summed E-state index contributed by atoms with van der Waals surface area (Å²) in [5, 5.41) is 6.43. The number of nitrogens with zero attached hydrogens (tertiary/aromatic N) is 6.